The first-order valence-electron chi connectivity index (χ1n) is 6.03. The summed E-state index contributed by atoms with van der Waals surface area (Å²) in [5, 5.41) is 0. The Balaban J connectivity index is 1.97. The van der Waals surface area contributed by atoms with Crippen molar-refractivity contribution in [2.45, 2.75) is 45.1 Å². The molecule has 0 amide bonds. The van der Waals surface area contributed by atoms with Crippen molar-refractivity contribution < 1.29 is 9.53 Å². The zero-order valence-electron chi connectivity index (χ0n) is 9.74. The van der Waals surface area contributed by atoms with E-state index in [0.29, 0.717) is 5.56 Å². The number of rotatable bonds is 2. The van der Waals surface area contributed by atoms with Gasteiger partial charge in [-0.2, -0.15) is 0 Å². The van der Waals surface area contributed by atoms with Crippen molar-refractivity contribution in [2.24, 2.45) is 0 Å². The van der Waals surface area contributed by atoms with Crippen LogP contribution in [-0.4, -0.2) is 12.1 Å². The smallest absolute Gasteiger partial charge is 0.338 e. The zero-order chi connectivity index (χ0) is 11.4. The third kappa shape index (κ3) is 2.84. The molecule has 0 spiro atoms. The first kappa shape index (κ1) is 11.2. The van der Waals surface area contributed by atoms with Gasteiger partial charge < -0.3 is 4.74 Å². The van der Waals surface area contributed by atoms with Crippen LogP contribution in [-0.2, 0) is 4.74 Å². The van der Waals surface area contributed by atoms with Crippen LogP contribution in [0, 0.1) is 6.92 Å². The second kappa shape index (κ2) is 5.15. The molecule has 0 saturated heterocycles. The van der Waals surface area contributed by atoms with E-state index in [1.165, 1.54) is 19.3 Å². The highest BCUT2D eigenvalue weighted by molar-refractivity contribution is 5.89. The van der Waals surface area contributed by atoms with Crippen molar-refractivity contribution >= 4 is 5.97 Å². The van der Waals surface area contributed by atoms with Crippen LogP contribution < -0.4 is 0 Å². The molecule has 0 bridgehead atoms. The minimum Gasteiger partial charge on any atom is -0.459 e. The van der Waals surface area contributed by atoms with Gasteiger partial charge >= 0.3 is 5.97 Å². The molecule has 2 rings (SSSR count). The molecule has 1 saturated carbocycles. The Morgan fingerprint density at radius 2 is 2.00 bits per heavy atom. The van der Waals surface area contributed by atoms with E-state index in [9.17, 15) is 4.79 Å². The Hall–Kier alpha value is -1.31. The maximum Gasteiger partial charge on any atom is 0.338 e. The van der Waals surface area contributed by atoms with Crippen LogP contribution >= 0.6 is 0 Å². The number of esters is 1. The normalized spacial score (nSPS) is 17.1. The Morgan fingerprint density at radius 3 is 2.69 bits per heavy atom. The van der Waals surface area contributed by atoms with E-state index in [-0.39, 0.29) is 12.1 Å². The fourth-order valence-corrected chi connectivity index (χ4v) is 2.17. The summed E-state index contributed by atoms with van der Waals surface area (Å²) in [6.45, 7) is 1.98. The Bertz CT molecular complexity index is 365. The van der Waals surface area contributed by atoms with Crippen molar-refractivity contribution in [3.8, 4) is 0 Å². The maximum atomic E-state index is 11.8. The number of ether oxygens (including phenoxy) is 1. The summed E-state index contributed by atoms with van der Waals surface area (Å²) in [6, 6.07) is 7.58. The molecule has 1 aromatic rings. The van der Waals surface area contributed by atoms with Gasteiger partial charge in [-0.3, -0.25) is 0 Å². The lowest BCUT2D eigenvalue weighted by Gasteiger charge is -2.21. The van der Waals surface area contributed by atoms with Crippen LogP contribution in [0.2, 0.25) is 0 Å². The SMILES string of the molecule is Cc1cccc(C(=O)OC2CCCCC2)c1. The number of carbonyl (C=O) groups is 1. The van der Waals surface area contributed by atoms with Crippen LogP contribution in [0.4, 0.5) is 0 Å². The topological polar surface area (TPSA) is 26.3 Å². The van der Waals surface area contributed by atoms with Crippen LogP contribution in [0.25, 0.3) is 0 Å². The van der Waals surface area contributed by atoms with Gasteiger partial charge in [0.1, 0.15) is 6.10 Å². The molecule has 0 atom stereocenters. The summed E-state index contributed by atoms with van der Waals surface area (Å²) in [7, 11) is 0. The molecule has 0 unspecified atom stereocenters. The van der Waals surface area contributed by atoms with Gasteiger partial charge in [-0.25, -0.2) is 4.79 Å². The third-order valence-corrected chi connectivity index (χ3v) is 3.08. The van der Waals surface area contributed by atoms with Crippen LogP contribution in [0.15, 0.2) is 24.3 Å². The molecule has 1 aromatic carbocycles. The van der Waals surface area contributed by atoms with Crippen molar-refractivity contribution in [3.05, 3.63) is 35.4 Å². The van der Waals surface area contributed by atoms with E-state index in [0.717, 1.165) is 18.4 Å². The molecule has 0 aromatic heterocycles. The number of aryl methyl sites for hydroxylation is 1. The molecule has 0 aliphatic heterocycles. The summed E-state index contributed by atoms with van der Waals surface area (Å²) in [6.07, 6.45) is 5.84. The summed E-state index contributed by atoms with van der Waals surface area (Å²) in [4.78, 5) is 11.8. The zero-order valence-corrected chi connectivity index (χ0v) is 9.74. The fraction of sp³-hybridized carbons (Fsp3) is 0.500. The minimum atomic E-state index is -0.171. The minimum absolute atomic E-state index is 0.141. The quantitative estimate of drug-likeness (QED) is 0.710. The van der Waals surface area contributed by atoms with Gasteiger partial charge in [0.2, 0.25) is 0 Å². The second-order valence-electron chi connectivity index (χ2n) is 4.53. The fourth-order valence-electron chi connectivity index (χ4n) is 2.17. The number of benzene rings is 1. The molecule has 0 N–H and O–H groups in total. The van der Waals surface area contributed by atoms with Gasteiger partial charge in [0.25, 0.3) is 0 Å². The molecular weight excluding hydrogens is 200 g/mol. The van der Waals surface area contributed by atoms with Crippen molar-refractivity contribution in [2.75, 3.05) is 0 Å². The first-order valence-corrected chi connectivity index (χ1v) is 6.03. The van der Waals surface area contributed by atoms with Gasteiger partial charge in [-0.15, -0.1) is 0 Å². The summed E-state index contributed by atoms with van der Waals surface area (Å²) >= 11 is 0. The average Bonchev–Trinajstić information content (AvgIpc) is 2.30. The highest BCUT2D eigenvalue weighted by Gasteiger charge is 2.18. The largest absolute Gasteiger partial charge is 0.459 e. The molecular formula is C14H18O2. The molecule has 16 heavy (non-hydrogen) atoms. The lowest BCUT2D eigenvalue weighted by molar-refractivity contribution is 0.0211. The first-order chi connectivity index (χ1) is 7.75. The monoisotopic (exact) mass is 218 g/mol. The second-order valence-corrected chi connectivity index (χ2v) is 4.53. The Labute approximate surface area is 96.6 Å². The van der Waals surface area contributed by atoms with E-state index < -0.39 is 0 Å². The Morgan fingerprint density at radius 1 is 1.25 bits per heavy atom. The van der Waals surface area contributed by atoms with Gasteiger partial charge in [0.05, 0.1) is 5.56 Å². The summed E-state index contributed by atoms with van der Waals surface area (Å²) < 4.78 is 5.49. The molecule has 1 aliphatic rings. The number of carbonyl (C=O) groups excluding carboxylic acids is 1. The molecule has 1 aliphatic carbocycles. The molecule has 86 valence electrons. The Kier molecular flexibility index (Phi) is 3.60. The average molecular weight is 218 g/mol. The third-order valence-electron chi connectivity index (χ3n) is 3.08. The van der Waals surface area contributed by atoms with Crippen LogP contribution in [0.5, 0.6) is 0 Å². The van der Waals surface area contributed by atoms with E-state index in [1.807, 2.05) is 31.2 Å². The number of hydrogen-bond donors (Lipinski definition) is 0. The van der Waals surface area contributed by atoms with Crippen molar-refractivity contribution in [3.63, 3.8) is 0 Å². The van der Waals surface area contributed by atoms with E-state index in [4.69, 9.17) is 4.74 Å². The highest BCUT2D eigenvalue weighted by atomic mass is 16.5. The summed E-state index contributed by atoms with van der Waals surface area (Å²) in [5.41, 5.74) is 1.77. The van der Waals surface area contributed by atoms with Gasteiger partial charge in [0, 0.05) is 0 Å². The molecule has 2 heteroatoms. The van der Waals surface area contributed by atoms with Crippen LogP contribution in [0.1, 0.15) is 48.0 Å². The van der Waals surface area contributed by atoms with Gasteiger partial charge in [-0.05, 0) is 44.7 Å². The molecule has 2 nitrogen and oxygen atoms in total. The molecule has 1 fully saturated rings. The standard InChI is InChI=1S/C14H18O2/c1-11-6-5-7-12(10-11)14(15)16-13-8-3-2-4-9-13/h5-7,10,13H,2-4,8-9H2,1H3. The maximum absolute atomic E-state index is 11.8. The summed E-state index contributed by atoms with van der Waals surface area (Å²) in [5.74, 6) is -0.171. The van der Waals surface area contributed by atoms with Crippen LogP contribution in [0.3, 0.4) is 0 Å². The van der Waals surface area contributed by atoms with Crippen molar-refractivity contribution in [1.82, 2.24) is 0 Å². The predicted molar refractivity (Wildman–Crippen MR) is 63.5 cm³/mol. The molecule has 0 radical (unpaired) electrons. The van der Waals surface area contributed by atoms with E-state index >= 15 is 0 Å². The number of hydrogen-bond acceptors (Lipinski definition) is 2. The van der Waals surface area contributed by atoms with Gasteiger partial charge in [-0.1, -0.05) is 24.1 Å². The van der Waals surface area contributed by atoms with E-state index in [2.05, 4.69) is 0 Å². The lowest BCUT2D eigenvalue weighted by atomic mass is 9.98. The van der Waals surface area contributed by atoms with E-state index in [1.54, 1.807) is 0 Å². The highest BCUT2D eigenvalue weighted by Crippen LogP contribution is 2.21. The molecule has 0 heterocycles. The lowest BCUT2D eigenvalue weighted by Crippen LogP contribution is -2.20. The predicted octanol–water partition coefficient (Wildman–Crippen LogP) is 3.48. The van der Waals surface area contributed by atoms with Gasteiger partial charge in [0.15, 0.2) is 0 Å². The van der Waals surface area contributed by atoms with Crippen molar-refractivity contribution in [1.29, 1.82) is 0 Å².